The molecule has 0 aromatic carbocycles. The summed E-state index contributed by atoms with van der Waals surface area (Å²) in [7, 11) is 0. The summed E-state index contributed by atoms with van der Waals surface area (Å²) >= 11 is 2.10. The van der Waals surface area contributed by atoms with Crippen molar-refractivity contribution in [2.24, 2.45) is 4.40 Å². The lowest BCUT2D eigenvalue weighted by Gasteiger charge is -2.19. The Morgan fingerprint density at radius 3 is 2.65 bits per heavy atom. The van der Waals surface area contributed by atoms with Crippen LogP contribution in [0.3, 0.4) is 0 Å². The molecule has 0 bridgehead atoms. The number of nitrogens with zero attached hydrogens (tertiary/aromatic N) is 2. The maximum atomic E-state index is 12.0. The Hall–Kier alpha value is -0.390. The first-order valence-corrected chi connectivity index (χ1v) is 7.36. The fourth-order valence-corrected chi connectivity index (χ4v) is 2.21. The highest BCUT2D eigenvalue weighted by atomic mass is 79.9. The average molecular weight is 317 g/mol. The van der Waals surface area contributed by atoms with Gasteiger partial charge in [-0.1, -0.05) is 11.3 Å². The van der Waals surface area contributed by atoms with Gasteiger partial charge < -0.3 is 4.55 Å². The number of rotatable bonds is 3. The maximum absolute atomic E-state index is 12.0. The largest absolute Gasteiger partial charge is 0.591 e. The molecule has 0 radical (unpaired) electrons. The number of hydrogen-bond acceptors (Lipinski definition) is 3. The molecule has 1 heterocycles. The zero-order valence-corrected chi connectivity index (χ0v) is 12.9. The Labute approximate surface area is 114 Å². The Bertz CT molecular complexity index is 415. The second-order valence-electron chi connectivity index (χ2n) is 4.62. The zero-order chi connectivity index (χ0) is 13.1. The van der Waals surface area contributed by atoms with Gasteiger partial charge in [0.05, 0.1) is 5.71 Å². The van der Waals surface area contributed by atoms with Crippen molar-refractivity contribution >= 4 is 33.0 Å². The van der Waals surface area contributed by atoms with Gasteiger partial charge >= 0.3 is 0 Å². The van der Waals surface area contributed by atoms with Gasteiger partial charge in [-0.25, -0.2) is 4.98 Å². The highest BCUT2D eigenvalue weighted by Gasteiger charge is 2.27. The Morgan fingerprint density at radius 1 is 1.53 bits per heavy atom. The average Bonchev–Trinajstić information content (AvgIpc) is 2.24. The molecule has 1 aromatic heterocycles. The van der Waals surface area contributed by atoms with Gasteiger partial charge in [0.2, 0.25) is 0 Å². The minimum Gasteiger partial charge on any atom is -0.591 e. The van der Waals surface area contributed by atoms with Crippen LogP contribution in [0, 0.1) is 0 Å². The van der Waals surface area contributed by atoms with Crippen LogP contribution in [-0.2, 0) is 11.4 Å². The SMILES string of the molecule is CC/C(=N\[S@@+]([O-])C(C)(C)C)c1ccnc(Br)c1. The van der Waals surface area contributed by atoms with Gasteiger partial charge in [-0.15, -0.1) is 0 Å². The topological polar surface area (TPSA) is 48.3 Å². The van der Waals surface area contributed by atoms with Crippen molar-refractivity contribution in [1.29, 1.82) is 0 Å². The molecule has 3 nitrogen and oxygen atoms in total. The van der Waals surface area contributed by atoms with Gasteiger partial charge in [0.15, 0.2) is 0 Å². The minimum absolute atomic E-state index is 0.329. The van der Waals surface area contributed by atoms with Gasteiger partial charge in [0, 0.05) is 11.8 Å². The van der Waals surface area contributed by atoms with Crippen molar-refractivity contribution in [3.8, 4) is 0 Å². The lowest BCUT2D eigenvalue weighted by atomic mass is 10.1. The number of halogens is 1. The Morgan fingerprint density at radius 2 is 2.18 bits per heavy atom. The monoisotopic (exact) mass is 316 g/mol. The summed E-state index contributed by atoms with van der Waals surface area (Å²) in [6.07, 6.45) is 2.46. The van der Waals surface area contributed by atoms with Gasteiger partial charge in [0.25, 0.3) is 0 Å². The molecular formula is C12H17BrN2OS. The van der Waals surface area contributed by atoms with E-state index in [2.05, 4.69) is 25.3 Å². The molecule has 0 spiro atoms. The van der Waals surface area contributed by atoms with E-state index in [4.69, 9.17) is 0 Å². The molecule has 5 heteroatoms. The summed E-state index contributed by atoms with van der Waals surface area (Å²) in [4.78, 5) is 4.07. The maximum Gasteiger partial charge on any atom is 0.144 e. The number of hydrogen-bond donors (Lipinski definition) is 0. The molecule has 1 atom stereocenters. The summed E-state index contributed by atoms with van der Waals surface area (Å²) in [5, 5.41) is 0. The third kappa shape index (κ3) is 4.41. The van der Waals surface area contributed by atoms with Crippen molar-refractivity contribution < 1.29 is 4.55 Å². The van der Waals surface area contributed by atoms with E-state index in [0.29, 0.717) is 0 Å². The van der Waals surface area contributed by atoms with Crippen LogP contribution in [-0.4, -0.2) is 20.0 Å². The fourth-order valence-electron chi connectivity index (χ4n) is 1.14. The van der Waals surface area contributed by atoms with Crippen LogP contribution >= 0.6 is 15.9 Å². The quantitative estimate of drug-likeness (QED) is 0.487. The molecule has 0 aliphatic heterocycles. The molecule has 0 fully saturated rings. The molecule has 0 amide bonds. The van der Waals surface area contributed by atoms with E-state index in [1.807, 2.05) is 39.8 Å². The molecule has 1 rings (SSSR count). The molecule has 0 saturated carbocycles. The van der Waals surface area contributed by atoms with Crippen LogP contribution in [0.25, 0.3) is 0 Å². The van der Waals surface area contributed by atoms with E-state index in [0.717, 1.165) is 22.3 Å². The van der Waals surface area contributed by atoms with Gasteiger partial charge in [-0.3, -0.25) is 0 Å². The van der Waals surface area contributed by atoms with Crippen molar-refractivity contribution in [2.75, 3.05) is 0 Å². The Kier molecular flexibility index (Phi) is 5.16. The first kappa shape index (κ1) is 14.7. The van der Waals surface area contributed by atoms with Crippen molar-refractivity contribution in [3.63, 3.8) is 0 Å². The molecule has 0 saturated heterocycles. The van der Waals surface area contributed by atoms with Crippen LogP contribution in [0.4, 0.5) is 0 Å². The fraction of sp³-hybridized carbons (Fsp3) is 0.500. The molecule has 1 aromatic rings. The normalized spacial score (nSPS) is 14.8. The summed E-state index contributed by atoms with van der Waals surface area (Å²) in [5.41, 5.74) is 1.81. The van der Waals surface area contributed by atoms with Crippen LogP contribution < -0.4 is 0 Å². The van der Waals surface area contributed by atoms with E-state index < -0.39 is 11.4 Å². The summed E-state index contributed by atoms with van der Waals surface area (Å²) in [5.74, 6) is 0. The standard InChI is InChI=1S/C12H17BrN2OS/c1-5-10(15-17(16)12(2,3)4)9-6-7-14-11(13)8-9/h6-8H,5H2,1-4H3/b15-10+/t17-/m0/s1. The van der Waals surface area contributed by atoms with E-state index in [-0.39, 0.29) is 4.75 Å². The Balaban J connectivity index is 3.03. The summed E-state index contributed by atoms with van der Waals surface area (Å²) < 4.78 is 16.7. The molecule has 0 N–H and O–H groups in total. The predicted molar refractivity (Wildman–Crippen MR) is 76.7 cm³/mol. The first-order valence-electron chi connectivity index (χ1n) is 5.46. The summed E-state index contributed by atoms with van der Waals surface area (Å²) in [6.45, 7) is 7.76. The molecule has 0 aliphatic rings. The lowest BCUT2D eigenvalue weighted by Crippen LogP contribution is -2.27. The van der Waals surface area contributed by atoms with Crippen LogP contribution in [0.1, 0.15) is 39.7 Å². The van der Waals surface area contributed by atoms with Gasteiger partial charge in [-0.05, 0) is 55.3 Å². The smallest absolute Gasteiger partial charge is 0.144 e. The number of pyridine rings is 1. The van der Waals surface area contributed by atoms with Crippen molar-refractivity contribution in [2.45, 2.75) is 38.9 Å². The molecule has 0 unspecified atom stereocenters. The minimum atomic E-state index is -1.22. The van der Waals surface area contributed by atoms with E-state index in [1.54, 1.807) is 6.20 Å². The van der Waals surface area contributed by atoms with Gasteiger partial charge in [0.1, 0.15) is 20.7 Å². The molecular weight excluding hydrogens is 300 g/mol. The zero-order valence-electron chi connectivity index (χ0n) is 10.5. The van der Waals surface area contributed by atoms with Crippen molar-refractivity contribution in [1.82, 2.24) is 4.98 Å². The summed E-state index contributed by atoms with van der Waals surface area (Å²) in [6, 6.07) is 3.77. The predicted octanol–water partition coefficient (Wildman–Crippen LogP) is 3.51. The van der Waals surface area contributed by atoms with Crippen LogP contribution in [0.15, 0.2) is 27.3 Å². The lowest BCUT2D eigenvalue weighted by molar-refractivity contribution is 0.561. The van der Waals surface area contributed by atoms with E-state index >= 15 is 0 Å². The third-order valence-corrected chi connectivity index (χ3v) is 3.98. The van der Waals surface area contributed by atoms with E-state index in [1.165, 1.54) is 0 Å². The second-order valence-corrected chi connectivity index (χ2v) is 7.34. The van der Waals surface area contributed by atoms with Gasteiger partial charge in [-0.2, -0.15) is 0 Å². The van der Waals surface area contributed by atoms with Crippen molar-refractivity contribution in [3.05, 3.63) is 28.5 Å². The molecule has 17 heavy (non-hydrogen) atoms. The highest BCUT2D eigenvalue weighted by Crippen LogP contribution is 2.19. The number of aromatic nitrogens is 1. The van der Waals surface area contributed by atoms with E-state index in [9.17, 15) is 4.55 Å². The van der Waals surface area contributed by atoms with Crippen LogP contribution in [0.2, 0.25) is 0 Å². The first-order chi connectivity index (χ1) is 7.84. The third-order valence-electron chi connectivity index (χ3n) is 2.11. The molecule has 0 aliphatic carbocycles. The van der Waals surface area contributed by atoms with Crippen LogP contribution in [0.5, 0.6) is 0 Å². The second kappa shape index (κ2) is 5.98. The highest BCUT2D eigenvalue weighted by molar-refractivity contribution is 9.10. The molecule has 94 valence electrons.